The van der Waals surface area contributed by atoms with Gasteiger partial charge in [0.15, 0.2) is 0 Å². The van der Waals surface area contributed by atoms with Crippen LogP contribution in [-0.4, -0.2) is 23.0 Å². The monoisotopic (exact) mass is 248 g/mol. The quantitative estimate of drug-likeness (QED) is 0.834. The van der Waals surface area contributed by atoms with Crippen LogP contribution in [0.15, 0.2) is 30.3 Å². The molecule has 92 valence electrons. The van der Waals surface area contributed by atoms with Gasteiger partial charge < -0.3 is 5.73 Å². The molecule has 2 N–H and O–H groups in total. The molecule has 1 saturated heterocycles. The molecule has 1 aliphatic heterocycles. The number of likely N-dealkylation sites (tertiary alicyclic amines) is 1. The fourth-order valence-electron chi connectivity index (χ4n) is 2.48. The molecular weight excluding hydrogens is 228 g/mol. The molecule has 1 fully saturated rings. The average molecular weight is 248 g/mol. The van der Waals surface area contributed by atoms with Crippen molar-refractivity contribution in [1.29, 1.82) is 0 Å². The Morgan fingerprint density at radius 3 is 2.41 bits per heavy atom. The maximum atomic E-state index is 5.92. The number of hydrogen-bond acceptors (Lipinski definition) is 2. The minimum absolute atomic E-state index is 0.110. The summed E-state index contributed by atoms with van der Waals surface area (Å²) in [5, 5.41) is 0. The molecule has 1 heterocycles. The van der Waals surface area contributed by atoms with E-state index in [1.165, 1.54) is 18.4 Å². The number of benzene rings is 1. The van der Waals surface area contributed by atoms with Crippen molar-refractivity contribution in [2.24, 2.45) is 11.7 Å². The second kappa shape index (κ2) is 5.61. The summed E-state index contributed by atoms with van der Waals surface area (Å²) >= 11 is 5.25. The Morgan fingerprint density at radius 1 is 1.29 bits per heavy atom. The molecule has 0 saturated carbocycles. The van der Waals surface area contributed by atoms with Gasteiger partial charge in [0, 0.05) is 0 Å². The Hall–Kier alpha value is -0.930. The van der Waals surface area contributed by atoms with E-state index in [0.717, 1.165) is 19.0 Å². The first kappa shape index (κ1) is 12.5. The van der Waals surface area contributed by atoms with Crippen LogP contribution in [-0.2, 0) is 0 Å². The van der Waals surface area contributed by atoms with Crippen LogP contribution in [0.1, 0.15) is 31.4 Å². The predicted octanol–water partition coefficient (Wildman–Crippen LogP) is 2.75. The molecule has 0 spiro atoms. The van der Waals surface area contributed by atoms with E-state index in [9.17, 15) is 0 Å². The largest absolute Gasteiger partial charge is 0.392 e. The number of rotatable bonds is 3. The fraction of sp³-hybridized carbons (Fsp3) is 0.500. The van der Waals surface area contributed by atoms with Gasteiger partial charge in [0.1, 0.15) is 0 Å². The lowest BCUT2D eigenvalue weighted by Crippen LogP contribution is -2.41. The van der Waals surface area contributed by atoms with Crippen LogP contribution in [0.25, 0.3) is 0 Å². The molecule has 0 aromatic heterocycles. The molecule has 3 heteroatoms. The Bertz CT molecular complexity index is 369. The maximum absolute atomic E-state index is 5.92. The van der Waals surface area contributed by atoms with Crippen LogP contribution in [0.3, 0.4) is 0 Å². The van der Waals surface area contributed by atoms with Crippen LogP contribution in [0, 0.1) is 5.92 Å². The average Bonchev–Trinajstić information content (AvgIpc) is 2.33. The van der Waals surface area contributed by atoms with E-state index in [1.54, 1.807) is 0 Å². The third-order valence-electron chi connectivity index (χ3n) is 3.57. The highest BCUT2D eigenvalue weighted by molar-refractivity contribution is 7.80. The summed E-state index contributed by atoms with van der Waals surface area (Å²) in [6.45, 7) is 4.51. The van der Waals surface area contributed by atoms with E-state index in [1.807, 2.05) is 18.2 Å². The zero-order valence-electron chi connectivity index (χ0n) is 10.3. The Balaban J connectivity index is 2.16. The second-order valence-corrected chi connectivity index (χ2v) is 5.41. The first-order valence-corrected chi connectivity index (χ1v) is 6.67. The third-order valence-corrected chi connectivity index (χ3v) is 3.79. The van der Waals surface area contributed by atoms with Crippen LogP contribution in [0.2, 0.25) is 0 Å². The molecule has 1 aromatic carbocycles. The van der Waals surface area contributed by atoms with Gasteiger partial charge in [-0.25, -0.2) is 0 Å². The standard InChI is InChI=1S/C14H20N2S/c1-11-7-9-16(10-8-11)13(14(15)17)12-5-3-2-4-6-12/h2-6,11,13H,7-10H2,1H3,(H2,15,17). The van der Waals surface area contributed by atoms with Crippen molar-refractivity contribution in [2.45, 2.75) is 25.8 Å². The van der Waals surface area contributed by atoms with Gasteiger partial charge in [-0.3, -0.25) is 4.90 Å². The molecule has 2 rings (SSSR count). The number of thiocarbonyl (C=S) groups is 1. The molecule has 17 heavy (non-hydrogen) atoms. The summed E-state index contributed by atoms with van der Waals surface area (Å²) in [5.74, 6) is 0.828. The molecule has 0 aliphatic carbocycles. The maximum Gasteiger partial charge on any atom is 0.0948 e. The topological polar surface area (TPSA) is 29.3 Å². The summed E-state index contributed by atoms with van der Waals surface area (Å²) in [5.41, 5.74) is 7.14. The molecule has 1 aromatic rings. The lowest BCUT2D eigenvalue weighted by Gasteiger charge is -2.36. The highest BCUT2D eigenvalue weighted by Gasteiger charge is 2.26. The minimum Gasteiger partial charge on any atom is -0.392 e. The number of nitrogens with zero attached hydrogens (tertiary/aromatic N) is 1. The Labute approximate surface area is 109 Å². The molecular formula is C14H20N2S. The molecule has 1 unspecified atom stereocenters. The summed E-state index contributed by atoms with van der Waals surface area (Å²) in [6.07, 6.45) is 2.48. The molecule has 1 aliphatic rings. The van der Waals surface area contributed by atoms with Gasteiger partial charge in [0.25, 0.3) is 0 Å². The summed E-state index contributed by atoms with van der Waals surface area (Å²) in [6, 6.07) is 10.5. The van der Waals surface area contributed by atoms with E-state index in [0.29, 0.717) is 4.99 Å². The first-order chi connectivity index (χ1) is 8.18. The first-order valence-electron chi connectivity index (χ1n) is 6.27. The summed E-state index contributed by atoms with van der Waals surface area (Å²) in [7, 11) is 0. The summed E-state index contributed by atoms with van der Waals surface area (Å²) in [4.78, 5) is 3.00. The van der Waals surface area contributed by atoms with Crippen LogP contribution in [0.4, 0.5) is 0 Å². The third kappa shape index (κ3) is 3.05. The van der Waals surface area contributed by atoms with Crippen LogP contribution >= 0.6 is 12.2 Å². The Kier molecular flexibility index (Phi) is 4.13. The van der Waals surface area contributed by atoms with Crippen LogP contribution in [0.5, 0.6) is 0 Å². The zero-order chi connectivity index (χ0) is 12.3. The molecule has 0 radical (unpaired) electrons. The van der Waals surface area contributed by atoms with Gasteiger partial charge in [-0.2, -0.15) is 0 Å². The molecule has 1 atom stereocenters. The highest BCUT2D eigenvalue weighted by atomic mass is 32.1. The smallest absolute Gasteiger partial charge is 0.0948 e. The van der Waals surface area contributed by atoms with Gasteiger partial charge in [-0.05, 0) is 37.4 Å². The van der Waals surface area contributed by atoms with Crippen molar-refractivity contribution in [3.8, 4) is 0 Å². The van der Waals surface area contributed by atoms with Gasteiger partial charge in [0.05, 0.1) is 11.0 Å². The number of piperidine rings is 1. The highest BCUT2D eigenvalue weighted by Crippen LogP contribution is 2.26. The van der Waals surface area contributed by atoms with E-state index in [4.69, 9.17) is 18.0 Å². The van der Waals surface area contributed by atoms with E-state index >= 15 is 0 Å². The van der Waals surface area contributed by atoms with Gasteiger partial charge in [-0.15, -0.1) is 0 Å². The van der Waals surface area contributed by atoms with Gasteiger partial charge in [0.2, 0.25) is 0 Å². The van der Waals surface area contributed by atoms with Crippen molar-refractivity contribution in [3.63, 3.8) is 0 Å². The van der Waals surface area contributed by atoms with Crippen molar-refractivity contribution in [3.05, 3.63) is 35.9 Å². The van der Waals surface area contributed by atoms with Crippen LogP contribution < -0.4 is 5.73 Å². The second-order valence-electron chi connectivity index (χ2n) is 4.93. The van der Waals surface area contributed by atoms with E-state index in [-0.39, 0.29) is 6.04 Å². The number of hydrogen-bond donors (Lipinski definition) is 1. The fourth-order valence-corrected chi connectivity index (χ4v) is 2.76. The molecule has 0 bridgehead atoms. The van der Waals surface area contributed by atoms with Gasteiger partial charge in [-0.1, -0.05) is 49.5 Å². The Morgan fingerprint density at radius 2 is 1.88 bits per heavy atom. The van der Waals surface area contributed by atoms with Crippen molar-refractivity contribution in [1.82, 2.24) is 4.90 Å². The lowest BCUT2D eigenvalue weighted by atomic mass is 9.96. The molecule has 0 amide bonds. The summed E-state index contributed by atoms with van der Waals surface area (Å²) < 4.78 is 0. The van der Waals surface area contributed by atoms with Gasteiger partial charge >= 0.3 is 0 Å². The molecule has 2 nitrogen and oxygen atoms in total. The van der Waals surface area contributed by atoms with Crippen molar-refractivity contribution < 1.29 is 0 Å². The normalized spacial score (nSPS) is 20.1. The van der Waals surface area contributed by atoms with E-state index < -0.39 is 0 Å². The zero-order valence-corrected chi connectivity index (χ0v) is 11.1. The predicted molar refractivity (Wildman–Crippen MR) is 75.9 cm³/mol. The lowest BCUT2D eigenvalue weighted by molar-refractivity contribution is 0.171. The SMILES string of the molecule is CC1CCN(C(C(N)=S)c2ccccc2)CC1. The van der Waals surface area contributed by atoms with E-state index in [2.05, 4.69) is 24.0 Å². The van der Waals surface area contributed by atoms with Crippen molar-refractivity contribution >= 4 is 17.2 Å². The van der Waals surface area contributed by atoms with Crippen molar-refractivity contribution in [2.75, 3.05) is 13.1 Å². The number of nitrogens with two attached hydrogens (primary N) is 1. The minimum atomic E-state index is 0.110.